The van der Waals surface area contributed by atoms with Gasteiger partial charge in [0.25, 0.3) is 17.7 Å². The fraction of sp³-hybridized carbons (Fsp3) is 0.414. The highest BCUT2D eigenvalue weighted by Crippen LogP contribution is 2.41. The molecule has 1 aliphatic carbocycles. The number of methoxy groups -OCH3 is 1. The molecule has 2 saturated heterocycles. The lowest BCUT2D eigenvalue weighted by molar-refractivity contribution is -0.150. The number of aromatic nitrogens is 2. The number of oxime groups is 1. The monoisotopic (exact) mass is 653 g/mol. The first-order chi connectivity index (χ1) is 21.7. The number of piperidine rings is 1. The Kier molecular flexibility index (Phi) is 8.76. The van der Waals surface area contributed by atoms with Crippen LogP contribution in [0.15, 0.2) is 51.8 Å². The molecule has 0 unspecified atom stereocenters. The summed E-state index contributed by atoms with van der Waals surface area (Å²) >= 11 is 2.45. The number of nitrogen functional groups attached to an aromatic ring is 1. The topological polar surface area (TPSA) is 190 Å². The van der Waals surface area contributed by atoms with Crippen LogP contribution >= 0.6 is 23.1 Å². The number of fused-ring (bicyclic) bond motifs is 1. The van der Waals surface area contributed by atoms with Crippen molar-refractivity contribution in [3.63, 3.8) is 0 Å². The van der Waals surface area contributed by atoms with Crippen LogP contribution in [0.4, 0.5) is 10.8 Å². The van der Waals surface area contributed by atoms with Gasteiger partial charge in [-0.15, -0.1) is 23.1 Å². The molecular formula is C29H31N7O7S2. The molecule has 3 amide bonds. The Balaban J connectivity index is 1.20. The van der Waals surface area contributed by atoms with Crippen LogP contribution in [0.5, 0.6) is 5.88 Å². The van der Waals surface area contributed by atoms with Crippen molar-refractivity contribution < 1.29 is 33.9 Å². The maximum absolute atomic E-state index is 13.4. The molecule has 4 aliphatic rings. The van der Waals surface area contributed by atoms with Gasteiger partial charge >= 0.3 is 5.97 Å². The van der Waals surface area contributed by atoms with Crippen molar-refractivity contribution in [2.24, 2.45) is 5.16 Å². The van der Waals surface area contributed by atoms with E-state index in [0.29, 0.717) is 42.1 Å². The quantitative estimate of drug-likeness (QED) is 0.156. The van der Waals surface area contributed by atoms with Gasteiger partial charge in [-0.3, -0.25) is 19.3 Å². The van der Waals surface area contributed by atoms with Gasteiger partial charge in [0.05, 0.1) is 19.0 Å². The van der Waals surface area contributed by atoms with Crippen LogP contribution in [0.3, 0.4) is 0 Å². The number of thioether (sulfide) groups is 1. The second kappa shape index (κ2) is 12.9. The second-order valence-electron chi connectivity index (χ2n) is 10.9. The fourth-order valence-electron chi connectivity index (χ4n) is 5.74. The minimum atomic E-state index is -1.30. The van der Waals surface area contributed by atoms with Crippen molar-refractivity contribution in [1.82, 2.24) is 20.2 Å². The Labute approximate surface area is 266 Å². The van der Waals surface area contributed by atoms with E-state index in [9.17, 15) is 24.3 Å². The molecule has 5 heterocycles. The van der Waals surface area contributed by atoms with Gasteiger partial charge in [0.2, 0.25) is 5.88 Å². The first-order valence-corrected chi connectivity index (χ1v) is 16.4. The van der Waals surface area contributed by atoms with E-state index in [1.807, 2.05) is 0 Å². The summed E-state index contributed by atoms with van der Waals surface area (Å²) in [6.07, 6.45) is 7.85. The van der Waals surface area contributed by atoms with Crippen molar-refractivity contribution in [3.8, 4) is 5.88 Å². The number of aliphatic carboxylic acids is 1. The molecule has 0 spiro atoms. The van der Waals surface area contributed by atoms with E-state index < -0.39 is 29.2 Å². The lowest BCUT2D eigenvalue weighted by atomic mass is 9.98. The smallest absolute Gasteiger partial charge is 0.352 e. The predicted octanol–water partition coefficient (Wildman–Crippen LogP) is 2.28. The first kappa shape index (κ1) is 30.6. The summed E-state index contributed by atoms with van der Waals surface area (Å²) in [5.74, 6) is -2.17. The zero-order chi connectivity index (χ0) is 31.7. The molecule has 2 atom stereocenters. The second-order valence-corrected chi connectivity index (χ2v) is 12.8. The van der Waals surface area contributed by atoms with Gasteiger partial charge in [-0.25, -0.2) is 14.8 Å². The molecule has 3 fully saturated rings. The van der Waals surface area contributed by atoms with Crippen molar-refractivity contribution in [2.45, 2.75) is 56.0 Å². The zero-order valence-electron chi connectivity index (χ0n) is 24.3. The maximum Gasteiger partial charge on any atom is 0.352 e. The molecule has 2 aromatic rings. The number of nitrogens with zero attached hydrogens (tertiary/aromatic N) is 5. The maximum atomic E-state index is 13.4. The number of carbonyl (C=O) groups is 4. The van der Waals surface area contributed by atoms with E-state index in [-0.39, 0.29) is 40.0 Å². The lowest BCUT2D eigenvalue weighted by Crippen LogP contribution is -2.71. The number of ether oxygens (including phenoxy) is 1. The highest BCUT2D eigenvalue weighted by atomic mass is 32.2. The third-order valence-electron chi connectivity index (χ3n) is 8.00. The third-order valence-corrected chi connectivity index (χ3v) is 9.98. The number of carboxylic acids is 1. The Hall–Kier alpha value is -4.44. The van der Waals surface area contributed by atoms with Gasteiger partial charge in [-0.2, -0.15) is 0 Å². The van der Waals surface area contributed by atoms with Crippen LogP contribution in [0.25, 0.3) is 0 Å². The number of carbonyl (C=O) groups excluding carboxylic acids is 3. The van der Waals surface area contributed by atoms with E-state index >= 15 is 0 Å². The van der Waals surface area contributed by atoms with Crippen LogP contribution < -0.4 is 20.7 Å². The highest BCUT2D eigenvalue weighted by Gasteiger charge is 2.54. The molecule has 45 heavy (non-hydrogen) atoms. The average Bonchev–Trinajstić information content (AvgIpc) is 3.72. The highest BCUT2D eigenvalue weighted by molar-refractivity contribution is 8.00. The first-order valence-electron chi connectivity index (χ1n) is 14.4. The van der Waals surface area contributed by atoms with Crippen molar-refractivity contribution >= 4 is 63.3 Å². The number of rotatable bonds is 9. The number of hydrogen-bond donors (Lipinski definition) is 3. The normalized spacial score (nSPS) is 23.2. The standard InChI is InChI=1S/C29H31N7O7S2/c1-42-20-9-8-17(12-31-20)35-10-4-5-15(25(35)38)11-16-13-44-27-22(26(39)36(27)23(16)28(40)41)33-24(37)21(19-14-45-29(30)32-19)34-43-18-6-2-3-7-18/h8-9,11-12,14,18,22,27H,2-7,10,13H2,1H3,(H2,30,32)(H,33,37)(H,40,41)/b15-11+,34-21-/t22-,27-/m1/s1. The van der Waals surface area contributed by atoms with E-state index in [1.54, 1.807) is 34.7 Å². The van der Waals surface area contributed by atoms with Crippen molar-refractivity contribution in [3.05, 3.63) is 52.3 Å². The number of carboxylic acid groups (broad SMARTS) is 1. The SMILES string of the molecule is COc1ccc(N2CCC/C(=C\C3=C(C(=O)O)N4C(=O)[C@@H](NC(=O)/C(=N\OC5CCCC5)c5csc(N)n5)[C@H]4SC3)C2=O)cn1. The van der Waals surface area contributed by atoms with E-state index in [1.165, 1.54) is 23.8 Å². The molecular weight excluding hydrogens is 622 g/mol. The van der Waals surface area contributed by atoms with E-state index in [4.69, 9.17) is 15.3 Å². The van der Waals surface area contributed by atoms with Crippen LogP contribution in [0, 0.1) is 0 Å². The van der Waals surface area contributed by atoms with E-state index in [0.717, 1.165) is 37.0 Å². The molecule has 2 aromatic heterocycles. The third kappa shape index (κ3) is 6.11. The molecule has 3 aliphatic heterocycles. The number of nitrogens with two attached hydrogens (primary N) is 1. The zero-order valence-corrected chi connectivity index (χ0v) is 25.9. The Morgan fingerprint density at radius 1 is 1.22 bits per heavy atom. The largest absolute Gasteiger partial charge is 0.481 e. The molecule has 6 rings (SSSR count). The number of anilines is 2. The molecule has 14 nitrogen and oxygen atoms in total. The van der Waals surface area contributed by atoms with Gasteiger partial charge < -0.3 is 30.6 Å². The van der Waals surface area contributed by atoms with Crippen LogP contribution in [-0.2, 0) is 24.0 Å². The minimum absolute atomic E-state index is 0.103. The number of amides is 3. The minimum Gasteiger partial charge on any atom is -0.481 e. The van der Waals surface area contributed by atoms with Gasteiger partial charge in [-0.1, -0.05) is 5.16 Å². The number of β-lactam (4-membered cyclic amide) rings is 1. The Morgan fingerprint density at radius 3 is 2.69 bits per heavy atom. The number of pyridine rings is 1. The van der Waals surface area contributed by atoms with Crippen LogP contribution in [-0.4, -0.2) is 86.3 Å². The fourth-order valence-corrected chi connectivity index (χ4v) is 7.59. The number of thiazole rings is 1. The summed E-state index contributed by atoms with van der Waals surface area (Å²) in [5, 5.41) is 18.1. The van der Waals surface area contributed by atoms with Crippen LogP contribution in [0.1, 0.15) is 44.2 Å². The Bertz CT molecular complexity index is 1610. The number of hydrogen-bond acceptors (Lipinski definition) is 12. The van der Waals surface area contributed by atoms with Gasteiger partial charge in [0.15, 0.2) is 10.8 Å². The molecule has 16 heteroatoms. The molecule has 0 aromatic carbocycles. The summed E-state index contributed by atoms with van der Waals surface area (Å²) in [6, 6.07) is 2.41. The number of allylic oxidation sites excluding steroid dienone is 1. The van der Waals surface area contributed by atoms with Crippen molar-refractivity contribution in [1.29, 1.82) is 0 Å². The molecule has 236 valence electrons. The molecule has 4 N–H and O–H groups in total. The predicted molar refractivity (Wildman–Crippen MR) is 167 cm³/mol. The van der Waals surface area contributed by atoms with E-state index in [2.05, 4.69) is 20.4 Å². The van der Waals surface area contributed by atoms with Gasteiger partial charge in [0.1, 0.15) is 28.9 Å². The summed E-state index contributed by atoms with van der Waals surface area (Å²) < 4.78 is 5.10. The van der Waals surface area contributed by atoms with Crippen molar-refractivity contribution in [2.75, 3.05) is 30.0 Å². The van der Waals surface area contributed by atoms with Crippen LogP contribution in [0.2, 0.25) is 0 Å². The summed E-state index contributed by atoms with van der Waals surface area (Å²) in [4.78, 5) is 69.3. The van der Waals surface area contributed by atoms with Gasteiger partial charge in [0, 0.05) is 29.3 Å². The van der Waals surface area contributed by atoms with Gasteiger partial charge in [-0.05, 0) is 56.2 Å². The summed E-state index contributed by atoms with van der Waals surface area (Å²) in [6.45, 7) is 0.488. The molecule has 1 saturated carbocycles. The summed E-state index contributed by atoms with van der Waals surface area (Å²) in [5.41, 5.74) is 7.09. The summed E-state index contributed by atoms with van der Waals surface area (Å²) in [7, 11) is 1.51. The lowest BCUT2D eigenvalue weighted by Gasteiger charge is -2.49. The Morgan fingerprint density at radius 2 is 2.02 bits per heavy atom. The molecule has 0 bridgehead atoms. The average molecular weight is 654 g/mol. The molecule has 0 radical (unpaired) electrons. The number of nitrogens with one attached hydrogen (secondary N) is 1.